The molecule has 0 amide bonds. The number of nitrogens with one attached hydrogen (secondary N) is 2. The van der Waals surface area contributed by atoms with E-state index in [2.05, 4.69) is 20.6 Å². The molecule has 1 aromatic carbocycles. The number of aromatic nitrogens is 4. The number of ether oxygens (including phenoxy) is 3. The van der Waals surface area contributed by atoms with Crippen LogP contribution in [0.1, 0.15) is 12.6 Å². The quantitative estimate of drug-likeness (QED) is 0.267. The van der Waals surface area contributed by atoms with Gasteiger partial charge in [0.05, 0.1) is 25.5 Å². The van der Waals surface area contributed by atoms with Crippen molar-refractivity contribution in [2.45, 2.75) is 24.9 Å². The van der Waals surface area contributed by atoms with Gasteiger partial charge in [-0.2, -0.15) is 9.97 Å². The zero-order valence-electron chi connectivity index (χ0n) is 18.7. The van der Waals surface area contributed by atoms with Crippen molar-refractivity contribution in [3.63, 3.8) is 0 Å². The number of aliphatic hydroxyl groups is 2. The molecule has 0 bridgehead atoms. The summed E-state index contributed by atoms with van der Waals surface area (Å²) in [5.74, 6) is 2.15. The molecule has 3 atom stereocenters. The van der Waals surface area contributed by atoms with Crippen LogP contribution < -0.4 is 31.5 Å². The van der Waals surface area contributed by atoms with E-state index in [1.807, 2.05) is 0 Å². The summed E-state index contributed by atoms with van der Waals surface area (Å²) in [4.78, 5) is 32.2. The number of benzene rings is 1. The number of fused-ring (bicyclic) bond motifs is 2. The van der Waals surface area contributed by atoms with Gasteiger partial charge in [0, 0.05) is 19.7 Å². The van der Waals surface area contributed by atoms with Crippen molar-refractivity contribution in [3.05, 3.63) is 57.6 Å². The second-order valence-electron chi connectivity index (χ2n) is 8.10. The summed E-state index contributed by atoms with van der Waals surface area (Å²) >= 11 is 0. The summed E-state index contributed by atoms with van der Waals surface area (Å²) in [7, 11) is 1.59. The van der Waals surface area contributed by atoms with E-state index in [4.69, 9.17) is 14.2 Å². The number of rotatable bonds is 7. The van der Waals surface area contributed by atoms with Gasteiger partial charge in [0.25, 0.3) is 0 Å². The lowest BCUT2D eigenvalue weighted by atomic mass is 10.2. The zero-order valence-corrected chi connectivity index (χ0v) is 18.7. The van der Waals surface area contributed by atoms with Crippen molar-refractivity contribution in [3.8, 4) is 17.2 Å². The van der Waals surface area contributed by atoms with Crippen molar-refractivity contribution in [2.24, 2.45) is 7.05 Å². The molecule has 184 valence electrons. The van der Waals surface area contributed by atoms with Crippen LogP contribution in [0.3, 0.4) is 0 Å². The van der Waals surface area contributed by atoms with E-state index < -0.39 is 29.8 Å². The molecule has 5 rings (SSSR count). The fraction of sp³-hybridized carbons (Fsp3) is 0.364. The number of para-hydroxylation sites is 1. The first kappa shape index (κ1) is 22.8. The molecule has 35 heavy (non-hydrogen) atoms. The molecule has 4 heterocycles. The van der Waals surface area contributed by atoms with Crippen LogP contribution in [0, 0.1) is 0 Å². The maximum Gasteiger partial charge on any atom is 0.351 e. The molecule has 2 aliphatic heterocycles. The normalized spacial score (nSPS) is 20.4. The van der Waals surface area contributed by atoms with Gasteiger partial charge in [-0.15, -0.1) is 0 Å². The Bertz CT molecular complexity index is 1360. The second kappa shape index (κ2) is 9.37. The predicted octanol–water partition coefficient (Wildman–Crippen LogP) is 0.318. The topological polar surface area (TPSA) is 162 Å². The molecule has 4 N–H and O–H groups in total. The van der Waals surface area contributed by atoms with Crippen molar-refractivity contribution < 1.29 is 24.4 Å². The summed E-state index contributed by atoms with van der Waals surface area (Å²) in [6.45, 7) is 0.268. The highest BCUT2D eigenvalue weighted by molar-refractivity contribution is 5.77. The average molecular weight is 484 g/mol. The van der Waals surface area contributed by atoms with E-state index in [1.54, 1.807) is 37.5 Å². The fourth-order valence-electron chi connectivity index (χ4n) is 3.88. The van der Waals surface area contributed by atoms with Crippen molar-refractivity contribution >= 4 is 17.3 Å². The van der Waals surface area contributed by atoms with Gasteiger partial charge in [0.15, 0.2) is 17.3 Å². The minimum atomic E-state index is -0.843. The first-order valence-electron chi connectivity index (χ1n) is 11.0. The molecule has 3 aromatic rings. The maximum atomic E-state index is 12.4. The number of anilines is 3. The van der Waals surface area contributed by atoms with Gasteiger partial charge < -0.3 is 35.1 Å². The van der Waals surface area contributed by atoms with E-state index in [1.165, 1.54) is 15.3 Å². The molecular weight excluding hydrogens is 460 g/mol. The van der Waals surface area contributed by atoms with Crippen LogP contribution >= 0.6 is 0 Å². The van der Waals surface area contributed by atoms with Crippen LogP contribution in [0.4, 0.5) is 17.3 Å². The lowest BCUT2D eigenvalue weighted by Crippen LogP contribution is -2.28. The maximum absolute atomic E-state index is 12.4. The molecule has 13 nitrogen and oxygen atoms in total. The van der Waals surface area contributed by atoms with Crippen LogP contribution in [-0.2, 0) is 11.8 Å². The highest BCUT2D eigenvalue weighted by atomic mass is 16.5. The monoisotopic (exact) mass is 484 g/mol. The third-order valence-electron chi connectivity index (χ3n) is 5.69. The first-order valence-corrected chi connectivity index (χ1v) is 11.0. The summed E-state index contributed by atoms with van der Waals surface area (Å²) in [6, 6.07) is 6.94. The van der Waals surface area contributed by atoms with Crippen molar-refractivity contribution in [1.29, 1.82) is 0 Å². The third kappa shape index (κ3) is 4.56. The summed E-state index contributed by atoms with van der Waals surface area (Å²) in [6.07, 6.45) is 1.04. The Balaban J connectivity index is 1.19. The zero-order chi connectivity index (χ0) is 24.5. The van der Waals surface area contributed by atoms with E-state index in [-0.39, 0.29) is 19.6 Å². The molecule has 0 saturated carbocycles. The minimum Gasteiger partial charge on any atom is -0.489 e. The van der Waals surface area contributed by atoms with Gasteiger partial charge >= 0.3 is 11.4 Å². The van der Waals surface area contributed by atoms with E-state index in [0.717, 1.165) is 0 Å². The average Bonchev–Trinajstić information content (AvgIpc) is 3.22. The molecule has 0 aliphatic carbocycles. The number of aryl methyl sites for hydroxylation is 1. The summed E-state index contributed by atoms with van der Waals surface area (Å²) in [5.41, 5.74) is -0.395. The number of hydrogen-bond donors (Lipinski definition) is 4. The van der Waals surface area contributed by atoms with Gasteiger partial charge in [-0.3, -0.25) is 9.13 Å². The van der Waals surface area contributed by atoms with Crippen LogP contribution in [0.2, 0.25) is 0 Å². The molecular formula is C22H24N6O7. The SMILES string of the molecule is Cn1cc2c(nc1=O)Nc1c(OCCNc3ccn(C4CC(O)C(CO)O4)c(=O)n3)cccc1O2. The first-order chi connectivity index (χ1) is 16.9. The molecule has 0 spiro atoms. The Kier molecular flexibility index (Phi) is 6.11. The molecule has 13 heteroatoms. The smallest absolute Gasteiger partial charge is 0.351 e. The molecule has 1 fully saturated rings. The van der Waals surface area contributed by atoms with Gasteiger partial charge in [-0.1, -0.05) is 6.07 Å². The highest BCUT2D eigenvalue weighted by Gasteiger charge is 2.35. The summed E-state index contributed by atoms with van der Waals surface area (Å²) < 4.78 is 19.8. The molecule has 0 radical (unpaired) electrons. The highest BCUT2D eigenvalue weighted by Crippen LogP contribution is 2.44. The van der Waals surface area contributed by atoms with Crippen molar-refractivity contribution in [1.82, 2.24) is 19.1 Å². The predicted molar refractivity (Wildman–Crippen MR) is 123 cm³/mol. The third-order valence-corrected chi connectivity index (χ3v) is 5.69. The molecule has 3 unspecified atom stereocenters. The number of hydrogen-bond acceptors (Lipinski definition) is 11. The number of aliphatic hydroxyl groups excluding tert-OH is 2. The van der Waals surface area contributed by atoms with Gasteiger partial charge in [0.2, 0.25) is 0 Å². The molecule has 2 aromatic heterocycles. The van der Waals surface area contributed by atoms with E-state index in [0.29, 0.717) is 41.1 Å². The van der Waals surface area contributed by atoms with E-state index >= 15 is 0 Å². The van der Waals surface area contributed by atoms with Gasteiger partial charge in [0.1, 0.15) is 36.2 Å². The Labute approximate surface area is 198 Å². The standard InChI is InChI=1S/C22H24N6O7/c1-27-10-15-20(26-21(27)31)25-19-13(3-2-4-14(19)34-15)33-8-6-23-17-5-7-28(22(32)24-17)18-9-12(30)16(11-29)35-18/h2-5,7,10,12,16,18,29-30H,6,8-9,11H2,1H3,(H,23,24,32)(H,25,26,31). The minimum absolute atomic E-state index is 0.196. The van der Waals surface area contributed by atoms with Gasteiger partial charge in [-0.05, 0) is 18.2 Å². The Hall–Kier alpha value is -3.94. The summed E-state index contributed by atoms with van der Waals surface area (Å²) in [5, 5.41) is 25.2. The lowest BCUT2D eigenvalue weighted by molar-refractivity contribution is -0.0458. The largest absolute Gasteiger partial charge is 0.489 e. The van der Waals surface area contributed by atoms with Gasteiger partial charge in [-0.25, -0.2) is 9.59 Å². The van der Waals surface area contributed by atoms with E-state index in [9.17, 15) is 19.8 Å². The Morgan fingerprint density at radius 3 is 2.86 bits per heavy atom. The van der Waals surface area contributed by atoms with Crippen LogP contribution in [0.5, 0.6) is 17.2 Å². The molecule has 2 aliphatic rings. The van der Waals surface area contributed by atoms with Crippen molar-refractivity contribution in [2.75, 3.05) is 30.4 Å². The number of nitrogens with zero attached hydrogens (tertiary/aromatic N) is 4. The molecule has 1 saturated heterocycles. The Morgan fingerprint density at radius 2 is 2.09 bits per heavy atom. The van der Waals surface area contributed by atoms with Crippen LogP contribution in [0.25, 0.3) is 0 Å². The Morgan fingerprint density at radius 1 is 1.23 bits per heavy atom. The fourth-order valence-corrected chi connectivity index (χ4v) is 3.88. The van der Waals surface area contributed by atoms with Crippen LogP contribution in [-0.4, -0.2) is 61.3 Å². The lowest BCUT2D eigenvalue weighted by Gasteiger charge is -2.23. The second-order valence-corrected chi connectivity index (χ2v) is 8.10. The van der Waals surface area contributed by atoms with Crippen LogP contribution in [0.15, 0.2) is 46.2 Å².